The van der Waals surface area contributed by atoms with Crippen LogP contribution < -0.4 is 0 Å². The van der Waals surface area contributed by atoms with Gasteiger partial charge < -0.3 is 0 Å². The number of allylic oxidation sites excluding steroid dienone is 8. The van der Waals surface area contributed by atoms with E-state index in [4.69, 9.17) is 0 Å². The minimum absolute atomic E-state index is 0.892. The second-order valence-electron chi connectivity index (χ2n) is 4.47. The van der Waals surface area contributed by atoms with Gasteiger partial charge in [-0.3, -0.25) is 4.99 Å². The maximum atomic E-state index is 4.58. The lowest BCUT2D eigenvalue weighted by molar-refractivity contribution is 0.868. The van der Waals surface area contributed by atoms with Crippen molar-refractivity contribution in [3.63, 3.8) is 0 Å². The number of aliphatic imine (C=N–C) groups is 1. The molecule has 0 aromatic heterocycles. The number of rotatable bonds is 8. The Labute approximate surface area is 118 Å². The van der Waals surface area contributed by atoms with Crippen molar-refractivity contribution in [3.8, 4) is 0 Å². The van der Waals surface area contributed by atoms with Gasteiger partial charge in [0.15, 0.2) is 0 Å². The molecule has 0 aromatic rings. The topological polar surface area (TPSA) is 12.4 Å². The van der Waals surface area contributed by atoms with Crippen molar-refractivity contribution >= 4 is 6.21 Å². The minimum atomic E-state index is 0.892. The van der Waals surface area contributed by atoms with E-state index < -0.39 is 0 Å². The third-order valence-corrected chi connectivity index (χ3v) is 2.89. The average molecular weight is 257 g/mol. The van der Waals surface area contributed by atoms with Crippen LogP contribution in [0.3, 0.4) is 0 Å². The molecular formula is C18H27N. The minimum Gasteiger partial charge on any atom is -0.261 e. The van der Waals surface area contributed by atoms with Crippen molar-refractivity contribution in [1.82, 2.24) is 0 Å². The van der Waals surface area contributed by atoms with Crippen LogP contribution in [0.25, 0.3) is 0 Å². The molecule has 0 aliphatic carbocycles. The quantitative estimate of drug-likeness (QED) is 0.386. The van der Waals surface area contributed by atoms with E-state index in [1.54, 1.807) is 0 Å². The van der Waals surface area contributed by atoms with Gasteiger partial charge in [0, 0.05) is 11.9 Å². The van der Waals surface area contributed by atoms with Crippen LogP contribution in [0.15, 0.2) is 64.9 Å². The molecule has 0 aliphatic rings. The van der Waals surface area contributed by atoms with Gasteiger partial charge in [-0.15, -0.1) is 0 Å². The van der Waals surface area contributed by atoms with Crippen LogP contribution in [0.4, 0.5) is 0 Å². The Bertz CT molecular complexity index is 417. The number of hydrogen-bond donors (Lipinski definition) is 0. The molecule has 0 rings (SSSR count). The highest BCUT2D eigenvalue weighted by atomic mass is 14.7. The van der Waals surface area contributed by atoms with Gasteiger partial charge >= 0.3 is 0 Å². The lowest BCUT2D eigenvalue weighted by atomic mass is 10.1. The summed E-state index contributed by atoms with van der Waals surface area (Å²) in [6.45, 7) is 16.3. The summed E-state index contributed by atoms with van der Waals surface area (Å²) in [4.78, 5) is 4.58. The van der Waals surface area contributed by atoms with Gasteiger partial charge in [-0.05, 0) is 37.8 Å². The highest BCUT2D eigenvalue weighted by Crippen LogP contribution is 2.16. The molecule has 0 N–H and O–H groups in total. The second-order valence-corrected chi connectivity index (χ2v) is 4.47. The van der Waals surface area contributed by atoms with E-state index in [-0.39, 0.29) is 0 Å². The second kappa shape index (κ2) is 10.3. The zero-order valence-corrected chi connectivity index (χ0v) is 12.9. The first kappa shape index (κ1) is 17.4. The van der Waals surface area contributed by atoms with Crippen molar-refractivity contribution in [1.29, 1.82) is 0 Å². The van der Waals surface area contributed by atoms with Crippen LogP contribution >= 0.6 is 0 Å². The summed E-state index contributed by atoms with van der Waals surface area (Å²) in [5.74, 6) is 0. The molecule has 0 unspecified atom stereocenters. The SMILES string of the molecule is C=C/C(=C\C=C/C)C(=C)/C=N\C(CC)=C(/C)CCC. The molecular weight excluding hydrogens is 230 g/mol. The van der Waals surface area contributed by atoms with Gasteiger partial charge in [-0.2, -0.15) is 0 Å². The van der Waals surface area contributed by atoms with Crippen LogP contribution in [0.5, 0.6) is 0 Å². The highest BCUT2D eigenvalue weighted by Gasteiger charge is 1.99. The van der Waals surface area contributed by atoms with E-state index in [1.807, 2.05) is 37.4 Å². The predicted octanol–water partition coefficient (Wildman–Crippen LogP) is 5.79. The molecule has 0 aromatic carbocycles. The van der Waals surface area contributed by atoms with E-state index in [1.165, 1.54) is 5.57 Å². The number of nitrogens with zero attached hydrogens (tertiary/aromatic N) is 1. The zero-order chi connectivity index (χ0) is 14.7. The maximum Gasteiger partial charge on any atom is 0.0390 e. The first-order valence-electron chi connectivity index (χ1n) is 6.97. The van der Waals surface area contributed by atoms with Gasteiger partial charge in [0.25, 0.3) is 0 Å². The van der Waals surface area contributed by atoms with Crippen LogP contribution in [0, 0.1) is 0 Å². The van der Waals surface area contributed by atoms with Crippen molar-refractivity contribution < 1.29 is 0 Å². The first-order valence-corrected chi connectivity index (χ1v) is 6.97. The smallest absolute Gasteiger partial charge is 0.0390 e. The summed E-state index contributed by atoms with van der Waals surface area (Å²) in [7, 11) is 0. The van der Waals surface area contributed by atoms with E-state index >= 15 is 0 Å². The monoisotopic (exact) mass is 257 g/mol. The van der Waals surface area contributed by atoms with Gasteiger partial charge in [0.1, 0.15) is 0 Å². The van der Waals surface area contributed by atoms with Crippen LogP contribution in [0.1, 0.15) is 47.0 Å². The lowest BCUT2D eigenvalue weighted by Crippen LogP contribution is -1.90. The van der Waals surface area contributed by atoms with Gasteiger partial charge in [0.2, 0.25) is 0 Å². The highest BCUT2D eigenvalue weighted by molar-refractivity contribution is 5.85. The largest absolute Gasteiger partial charge is 0.261 e. The zero-order valence-electron chi connectivity index (χ0n) is 12.9. The molecule has 0 heterocycles. The Kier molecular flexibility index (Phi) is 9.42. The third kappa shape index (κ3) is 6.76. The van der Waals surface area contributed by atoms with Crippen molar-refractivity contribution in [2.24, 2.45) is 4.99 Å². The van der Waals surface area contributed by atoms with Gasteiger partial charge in [-0.25, -0.2) is 0 Å². The fraction of sp³-hybridized carbons (Fsp3) is 0.389. The van der Waals surface area contributed by atoms with Crippen molar-refractivity contribution in [2.75, 3.05) is 0 Å². The van der Waals surface area contributed by atoms with E-state index in [2.05, 4.69) is 38.9 Å². The van der Waals surface area contributed by atoms with Crippen LogP contribution in [0.2, 0.25) is 0 Å². The Morgan fingerprint density at radius 3 is 2.42 bits per heavy atom. The van der Waals surface area contributed by atoms with Gasteiger partial charge in [0.05, 0.1) is 0 Å². The predicted molar refractivity (Wildman–Crippen MR) is 88.6 cm³/mol. The molecule has 0 saturated carbocycles. The van der Waals surface area contributed by atoms with Crippen LogP contribution in [-0.2, 0) is 0 Å². The molecule has 104 valence electrons. The summed E-state index contributed by atoms with van der Waals surface area (Å²) >= 11 is 0. The molecule has 0 spiro atoms. The molecule has 0 amide bonds. The Hall–Kier alpha value is -1.63. The molecule has 0 bridgehead atoms. The lowest BCUT2D eigenvalue weighted by Gasteiger charge is -2.05. The third-order valence-electron chi connectivity index (χ3n) is 2.89. The molecule has 1 nitrogen and oxygen atoms in total. The molecule has 19 heavy (non-hydrogen) atoms. The number of hydrogen-bond acceptors (Lipinski definition) is 1. The van der Waals surface area contributed by atoms with E-state index in [9.17, 15) is 0 Å². The van der Waals surface area contributed by atoms with E-state index in [0.29, 0.717) is 0 Å². The standard InChI is InChI=1S/C18H27N/c1-7-11-13-17(9-3)16(6)14-19-18(10-4)15(5)12-8-2/h7,9,11,13-14H,3,6,8,10,12H2,1-2,4-5H3/b11-7-,17-13+,18-15+,19-14-. The summed E-state index contributed by atoms with van der Waals surface area (Å²) in [6.07, 6.45) is 12.8. The summed E-state index contributed by atoms with van der Waals surface area (Å²) in [6, 6.07) is 0. The van der Waals surface area contributed by atoms with Crippen molar-refractivity contribution in [2.45, 2.75) is 47.0 Å². The van der Waals surface area contributed by atoms with E-state index in [0.717, 1.165) is 36.1 Å². The summed E-state index contributed by atoms with van der Waals surface area (Å²) < 4.78 is 0. The summed E-state index contributed by atoms with van der Waals surface area (Å²) in [5.41, 5.74) is 4.43. The molecule has 0 fully saturated rings. The molecule has 0 aliphatic heterocycles. The fourth-order valence-corrected chi connectivity index (χ4v) is 1.76. The Balaban J connectivity index is 5.00. The Morgan fingerprint density at radius 1 is 1.26 bits per heavy atom. The summed E-state index contributed by atoms with van der Waals surface area (Å²) in [5, 5.41) is 0. The van der Waals surface area contributed by atoms with Crippen LogP contribution in [-0.4, -0.2) is 6.21 Å². The molecule has 0 atom stereocenters. The maximum absolute atomic E-state index is 4.58. The molecule has 0 saturated heterocycles. The normalized spacial score (nSPS) is 14.0. The fourth-order valence-electron chi connectivity index (χ4n) is 1.76. The molecule has 1 heteroatoms. The Morgan fingerprint density at radius 2 is 1.95 bits per heavy atom. The molecule has 0 radical (unpaired) electrons. The van der Waals surface area contributed by atoms with Crippen molar-refractivity contribution in [3.05, 3.63) is 59.9 Å². The average Bonchev–Trinajstić information content (AvgIpc) is 2.40. The first-order chi connectivity index (χ1) is 9.10. The van der Waals surface area contributed by atoms with Gasteiger partial charge in [-0.1, -0.05) is 63.3 Å².